The molecule has 1 atom stereocenters. The standard InChI is InChI=1S/C22H25NO2/c1-4-8-16(2)25-19-11-12-22-20(13-19)21(15-24)17(3)23(22)14-18-9-6-5-7-10-18/h5-7,9-13,15-16H,4,8,14H2,1-3H3/t16-/m1/s1. The summed E-state index contributed by atoms with van der Waals surface area (Å²) >= 11 is 0. The largest absolute Gasteiger partial charge is 0.491 e. The van der Waals surface area contributed by atoms with Gasteiger partial charge in [-0.15, -0.1) is 0 Å². The summed E-state index contributed by atoms with van der Waals surface area (Å²) in [5.41, 5.74) is 4.03. The highest BCUT2D eigenvalue weighted by Crippen LogP contribution is 2.29. The first-order valence-corrected chi connectivity index (χ1v) is 8.92. The number of aldehydes is 1. The van der Waals surface area contributed by atoms with Crippen LogP contribution in [0.25, 0.3) is 10.9 Å². The first-order valence-electron chi connectivity index (χ1n) is 8.92. The van der Waals surface area contributed by atoms with Gasteiger partial charge in [0.2, 0.25) is 0 Å². The second-order valence-electron chi connectivity index (χ2n) is 6.58. The van der Waals surface area contributed by atoms with Gasteiger partial charge < -0.3 is 9.30 Å². The zero-order valence-corrected chi connectivity index (χ0v) is 15.2. The van der Waals surface area contributed by atoms with Crippen LogP contribution in [0.15, 0.2) is 48.5 Å². The number of rotatable bonds is 7. The molecule has 3 rings (SSSR count). The van der Waals surface area contributed by atoms with Crippen molar-refractivity contribution >= 4 is 17.2 Å². The zero-order valence-electron chi connectivity index (χ0n) is 15.2. The second kappa shape index (κ2) is 7.56. The van der Waals surface area contributed by atoms with Crippen LogP contribution in [-0.4, -0.2) is 17.0 Å². The Morgan fingerprint density at radius 2 is 1.92 bits per heavy atom. The number of carbonyl (C=O) groups excluding carboxylic acids is 1. The first kappa shape index (κ1) is 17.3. The Bertz CT molecular complexity index is 865. The van der Waals surface area contributed by atoms with Crippen molar-refractivity contribution in [1.82, 2.24) is 4.57 Å². The van der Waals surface area contributed by atoms with Crippen molar-refractivity contribution in [3.63, 3.8) is 0 Å². The smallest absolute Gasteiger partial charge is 0.152 e. The van der Waals surface area contributed by atoms with Crippen molar-refractivity contribution in [2.75, 3.05) is 0 Å². The molecule has 0 radical (unpaired) electrons. The van der Waals surface area contributed by atoms with Crippen LogP contribution in [0, 0.1) is 6.92 Å². The van der Waals surface area contributed by atoms with E-state index in [-0.39, 0.29) is 6.10 Å². The van der Waals surface area contributed by atoms with E-state index in [1.54, 1.807) is 0 Å². The molecule has 1 aromatic heterocycles. The van der Waals surface area contributed by atoms with Gasteiger partial charge in [-0.05, 0) is 44.0 Å². The van der Waals surface area contributed by atoms with E-state index in [4.69, 9.17) is 4.74 Å². The van der Waals surface area contributed by atoms with Crippen molar-refractivity contribution in [3.8, 4) is 5.75 Å². The third kappa shape index (κ3) is 3.60. The van der Waals surface area contributed by atoms with Crippen LogP contribution in [0.2, 0.25) is 0 Å². The fourth-order valence-electron chi connectivity index (χ4n) is 3.38. The van der Waals surface area contributed by atoms with Crippen LogP contribution in [0.5, 0.6) is 5.75 Å². The molecule has 3 heteroatoms. The maximum Gasteiger partial charge on any atom is 0.152 e. The topological polar surface area (TPSA) is 31.2 Å². The summed E-state index contributed by atoms with van der Waals surface area (Å²) in [6.07, 6.45) is 3.25. The average Bonchev–Trinajstić information content (AvgIpc) is 2.87. The van der Waals surface area contributed by atoms with Crippen LogP contribution in [0.1, 0.15) is 48.3 Å². The molecular weight excluding hydrogens is 310 g/mol. The third-order valence-electron chi connectivity index (χ3n) is 4.68. The molecule has 130 valence electrons. The van der Waals surface area contributed by atoms with E-state index in [2.05, 4.69) is 36.6 Å². The fraction of sp³-hybridized carbons (Fsp3) is 0.318. The van der Waals surface area contributed by atoms with Gasteiger partial charge in [-0.3, -0.25) is 4.79 Å². The number of aromatic nitrogens is 1. The molecule has 0 aliphatic heterocycles. The number of ether oxygens (including phenoxy) is 1. The molecule has 0 aliphatic rings. The summed E-state index contributed by atoms with van der Waals surface area (Å²) < 4.78 is 8.21. The Kier molecular flexibility index (Phi) is 5.22. The highest BCUT2D eigenvalue weighted by Gasteiger charge is 2.15. The van der Waals surface area contributed by atoms with Crippen molar-refractivity contribution < 1.29 is 9.53 Å². The molecule has 0 fully saturated rings. The highest BCUT2D eigenvalue weighted by molar-refractivity contribution is 6.00. The van der Waals surface area contributed by atoms with Crippen LogP contribution in [0.4, 0.5) is 0 Å². The maximum atomic E-state index is 11.7. The monoisotopic (exact) mass is 335 g/mol. The van der Waals surface area contributed by atoms with Gasteiger partial charge in [0.1, 0.15) is 5.75 Å². The summed E-state index contributed by atoms with van der Waals surface area (Å²) in [7, 11) is 0. The molecule has 2 aromatic carbocycles. The van der Waals surface area contributed by atoms with Crippen molar-refractivity contribution in [2.45, 2.75) is 46.3 Å². The first-order chi connectivity index (χ1) is 12.1. The highest BCUT2D eigenvalue weighted by atomic mass is 16.5. The lowest BCUT2D eigenvalue weighted by atomic mass is 10.1. The van der Waals surface area contributed by atoms with E-state index in [9.17, 15) is 4.79 Å². The normalized spacial score (nSPS) is 12.3. The predicted octanol–water partition coefficient (Wildman–Crippen LogP) is 5.38. The molecule has 0 N–H and O–H groups in total. The number of benzene rings is 2. The number of hydrogen-bond acceptors (Lipinski definition) is 2. The minimum Gasteiger partial charge on any atom is -0.491 e. The minimum absolute atomic E-state index is 0.176. The molecule has 0 bridgehead atoms. The number of hydrogen-bond donors (Lipinski definition) is 0. The summed E-state index contributed by atoms with van der Waals surface area (Å²) in [6.45, 7) is 7.00. The van der Waals surface area contributed by atoms with E-state index in [0.29, 0.717) is 0 Å². The van der Waals surface area contributed by atoms with E-state index in [0.717, 1.165) is 53.6 Å². The molecule has 0 unspecified atom stereocenters. The lowest BCUT2D eigenvalue weighted by Crippen LogP contribution is -2.10. The van der Waals surface area contributed by atoms with Gasteiger partial charge >= 0.3 is 0 Å². The fourth-order valence-corrected chi connectivity index (χ4v) is 3.38. The van der Waals surface area contributed by atoms with Gasteiger partial charge in [-0.2, -0.15) is 0 Å². The Balaban J connectivity index is 2.01. The molecule has 0 spiro atoms. The van der Waals surface area contributed by atoms with Gasteiger partial charge in [0, 0.05) is 28.7 Å². The molecular formula is C22H25NO2. The quantitative estimate of drug-likeness (QED) is 0.543. The van der Waals surface area contributed by atoms with Crippen molar-refractivity contribution in [2.24, 2.45) is 0 Å². The summed E-state index contributed by atoms with van der Waals surface area (Å²) in [5.74, 6) is 0.827. The van der Waals surface area contributed by atoms with Crippen molar-refractivity contribution in [1.29, 1.82) is 0 Å². The number of carbonyl (C=O) groups is 1. The predicted molar refractivity (Wildman–Crippen MR) is 103 cm³/mol. The molecule has 0 amide bonds. The van der Waals surface area contributed by atoms with Gasteiger partial charge in [0.15, 0.2) is 6.29 Å². The Labute approximate surface area is 149 Å². The zero-order chi connectivity index (χ0) is 17.8. The average molecular weight is 335 g/mol. The summed E-state index contributed by atoms with van der Waals surface area (Å²) in [5, 5.41) is 0.963. The van der Waals surface area contributed by atoms with E-state index in [1.807, 2.05) is 37.3 Å². The lowest BCUT2D eigenvalue weighted by Gasteiger charge is -2.14. The molecule has 0 aliphatic carbocycles. The van der Waals surface area contributed by atoms with E-state index >= 15 is 0 Å². The Hall–Kier alpha value is -2.55. The second-order valence-corrected chi connectivity index (χ2v) is 6.58. The van der Waals surface area contributed by atoms with Crippen LogP contribution < -0.4 is 4.74 Å². The van der Waals surface area contributed by atoms with E-state index < -0.39 is 0 Å². The Morgan fingerprint density at radius 1 is 1.16 bits per heavy atom. The van der Waals surface area contributed by atoms with Gasteiger partial charge in [-0.1, -0.05) is 43.7 Å². The minimum atomic E-state index is 0.176. The van der Waals surface area contributed by atoms with Gasteiger partial charge in [0.05, 0.1) is 6.10 Å². The summed E-state index contributed by atoms with van der Waals surface area (Å²) in [4.78, 5) is 11.7. The molecule has 0 saturated carbocycles. The molecule has 25 heavy (non-hydrogen) atoms. The molecule has 0 saturated heterocycles. The van der Waals surface area contributed by atoms with Gasteiger partial charge in [0.25, 0.3) is 0 Å². The van der Waals surface area contributed by atoms with Crippen LogP contribution in [0.3, 0.4) is 0 Å². The van der Waals surface area contributed by atoms with Crippen LogP contribution >= 0.6 is 0 Å². The molecule has 1 heterocycles. The molecule has 3 aromatic rings. The lowest BCUT2D eigenvalue weighted by molar-refractivity contribution is 0.112. The maximum absolute atomic E-state index is 11.7. The van der Waals surface area contributed by atoms with Gasteiger partial charge in [-0.25, -0.2) is 0 Å². The van der Waals surface area contributed by atoms with Crippen LogP contribution in [-0.2, 0) is 6.54 Å². The third-order valence-corrected chi connectivity index (χ3v) is 4.68. The number of nitrogens with zero attached hydrogens (tertiary/aromatic N) is 1. The molecule has 3 nitrogen and oxygen atoms in total. The number of fused-ring (bicyclic) bond motifs is 1. The Morgan fingerprint density at radius 3 is 2.60 bits per heavy atom. The SMILES string of the molecule is CCC[C@@H](C)Oc1ccc2c(c1)c(C=O)c(C)n2Cc1ccccc1. The summed E-state index contributed by atoms with van der Waals surface area (Å²) in [6, 6.07) is 16.4. The van der Waals surface area contributed by atoms with E-state index in [1.165, 1.54) is 5.56 Å². The van der Waals surface area contributed by atoms with Crippen molar-refractivity contribution in [3.05, 3.63) is 65.4 Å².